The first-order valence-corrected chi connectivity index (χ1v) is 6.14. The van der Waals surface area contributed by atoms with Crippen molar-refractivity contribution in [2.24, 2.45) is 0 Å². The second-order valence-electron chi connectivity index (χ2n) is 3.98. The van der Waals surface area contributed by atoms with E-state index in [9.17, 15) is 13.2 Å². The molecule has 1 aromatic carbocycles. The van der Waals surface area contributed by atoms with E-state index < -0.39 is 6.36 Å². The van der Waals surface area contributed by atoms with E-state index in [1.807, 2.05) is 13.8 Å². The Morgan fingerprint density at radius 3 is 2.37 bits per heavy atom. The third kappa shape index (κ3) is 6.28. The monoisotopic (exact) mass is 292 g/mol. The predicted octanol–water partition coefficient (Wildman–Crippen LogP) is 3.67. The van der Waals surface area contributed by atoms with Crippen LogP contribution in [0, 0.1) is 0 Å². The van der Waals surface area contributed by atoms with E-state index in [4.69, 9.17) is 12.2 Å². The lowest BCUT2D eigenvalue weighted by molar-refractivity contribution is -0.274. The molecule has 0 amide bonds. The van der Waals surface area contributed by atoms with Crippen LogP contribution >= 0.6 is 12.2 Å². The fraction of sp³-hybridized carbons (Fsp3) is 0.417. The number of alkyl halides is 3. The Morgan fingerprint density at radius 2 is 1.89 bits per heavy atom. The van der Waals surface area contributed by atoms with Crippen molar-refractivity contribution in [1.82, 2.24) is 5.32 Å². The van der Waals surface area contributed by atoms with Crippen LogP contribution in [0.15, 0.2) is 24.3 Å². The Kier molecular flexibility index (Phi) is 5.41. The molecule has 1 aromatic rings. The molecule has 0 aliphatic rings. The minimum absolute atomic E-state index is 0.229. The van der Waals surface area contributed by atoms with Gasteiger partial charge in [-0.1, -0.05) is 6.92 Å². The van der Waals surface area contributed by atoms with Gasteiger partial charge in [0.25, 0.3) is 0 Å². The molecule has 19 heavy (non-hydrogen) atoms. The lowest BCUT2D eigenvalue weighted by atomic mass is 10.3. The highest BCUT2D eigenvalue weighted by Gasteiger charge is 2.30. The number of halogens is 3. The minimum atomic E-state index is -4.68. The first-order chi connectivity index (χ1) is 8.80. The normalized spacial score (nSPS) is 12.7. The number of rotatable bonds is 4. The van der Waals surface area contributed by atoms with Crippen LogP contribution in [0.2, 0.25) is 0 Å². The zero-order chi connectivity index (χ0) is 14.5. The van der Waals surface area contributed by atoms with E-state index in [0.717, 1.165) is 6.42 Å². The molecule has 7 heteroatoms. The van der Waals surface area contributed by atoms with Crippen LogP contribution in [0.4, 0.5) is 18.9 Å². The maximum atomic E-state index is 12.0. The highest BCUT2D eigenvalue weighted by atomic mass is 32.1. The molecule has 0 unspecified atom stereocenters. The van der Waals surface area contributed by atoms with Crippen molar-refractivity contribution in [3.8, 4) is 5.75 Å². The number of hydrogen-bond acceptors (Lipinski definition) is 2. The maximum absolute atomic E-state index is 12.0. The molecule has 0 aromatic heterocycles. The van der Waals surface area contributed by atoms with Gasteiger partial charge in [-0.05, 0) is 49.8 Å². The van der Waals surface area contributed by atoms with Gasteiger partial charge in [0.1, 0.15) is 5.75 Å². The maximum Gasteiger partial charge on any atom is 0.573 e. The van der Waals surface area contributed by atoms with E-state index >= 15 is 0 Å². The molecule has 0 fully saturated rings. The summed E-state index contributed by atoms with van der Waals surface area (Å²) in [7, 11) is 0. The van der Waals surface area contributed by atoms with Gasteiger partial charge in [-0.25, -0.2) is 0 Å². The number of hydrogen-bond donors (Lipinski definition) is 2. The number of anilines is 1. The molecule has 3 nitrogen and oxygen atoms in total. The third-order valence-electron chi connectivity index (χ3n) is 2.34. The van der Waals surface area contributed by atoms with E-state index in [1.54, 1.807) is 0 Å². The minimum Gasteiger partial charge on any atom is -0.406 e. The number of thiocarbonyl (C=S) groups is 1. The van der Waals surface area contributed by atoms with Crippen LogP contribution in [0.25, 0.3) is 0 Å². The lowest BCUT2D eigenvalue weighted by Gasteiger charge is -2.15. The van der Waals surface area contributed by atoms with Crippen LogP contribution in [-0.4, -0.2) is 17.5 Å². The third-order valence-corrected chi connectivity index (χ3v) is 2.56. The first-order valence-electron chi connectivity index (χ1n) is 5.73. The highest BCUT2D eigenvalue weighted by Crippen LogP contribution is 2.23. The summed E-state index contributed by atoms with van der Waals surface area (Å²) in [5.74, 6) is -0.265. The topological polar surface area (TPSA) is 33.3 Å². The molecule has 0 aliphatic heterocycles. The molecular formula is C12H15F3N2OS. The second-order valence-corrected chi connectivity index (χ2v) is 4.39. The number of nitrogens with one attached hydrogen (secondary N) is 2. The molecule has 0 spiro atoms. The predicted molar refractivity (Wildman–Crippen MR) is 72.2 cm³/mol. The molecule has 0 bridgehead atoms. The summed E-state index contributed by atoms with van der Waals surface area (Å²) in [5, 5.41) is 6.35. The van der Waals surface area contributed by atoms with Gasteiger partial charge in [0.15, 0.2) is 5.11 Å². The summed E-state index contributed by atoms with van der Waals surface area (Å²) in [4.78, 5) is 0. The molecule has 0 heterocycles. The smallest absolute Gasteiger partial charge is 0.406 e. The molecule has 0 saturated heterocycles. The van der Waals surface area contributed by atoms with Crippen LogP contribution in [0.1, 0.15) is 20.3 Å². The van der Waals surface area contributed by atoms with Crippen LogP contribution in [0.3, 0.4) is 0 Å². The molecular weight excluding hydrogens is 277 g/mol. The average molecular weight is 292 g/mol. The molecule has 106 valence electrons. The van der Waals surface area contributed by atoms with Gasteiger partial charge in [-0.3, -0.25) is 0 Å². The first kappa shape index (κ1) is 15.6. The van der Waals surface area contributed by atoms with Crippen molar-refractivity contribution in [2.75, 3.05) is 5.32 Å². The van der Waals surface area contributed by atoms with Crippen LogP contribution in [0.5, 0.6) is 5.75 Å². The summed E-state index contributed by atoms with van der Waals surface area (Å²) in [6.45, 7) is 4.00. The summed E-state index contributed by atoms with van der Waals surface area (Å²) in [5.41, 5.74) is 0.593. The van der Waals surface area contributed by atoms with Crippen molar-refractivity contribution in [3.63, 3.8) is 0 Å². The van der Waals surface area contributed by atoms with E-state index in [0.29, 0.717) is 10.8 Å². The average Bonchev–Trinajstić information content (AvgIpc) is 2.29. The van der Waals surface area contributed by atoms with Gasteiger partial charge in [-0.2, -0.15) is 0 Å². The summed E-state index contributed by atoms with van der Waals surface area (Å²) in [6, 6.07) is 5.61. The fourth-order valence-electron chi connectivity index (χ4n) is 1.23. The quantitative estimate of drug-likeness (QED) is 0.830. The molecule has 1 rings (SSSR count). The van der Waals surface area contributed by atoms with Crippen molar-refractivity contribution >= 4 is 23.0 Å². The SMILES string of the molecule is CC[C@H](C)NC(=S)Nc1ccc(OC(F)(F)F)cc1. The van der Waals surface area contributed by atoms with E-state index in [1.165, 1.54) is 24.3 Å². The van der Waals surface area contributed by atoms with Gasteiger partial charge in [0.05, 0.1) is 0 Å². The fourth-order valence-corrected chi connectivity index (χ4v) is 1.55. The summed E-state index contributed by atoms with van der Waals surface area (Å²) >= 11 is 5.07. The number of benzene rings is 1. The summed E-state index contributed by atoms with van der Waals surface area (Å²) < 4.78 is 39.7. The molecule has 0 aliphatic carbocycles. The molecule has 0 saturated carbocycles. The largest absolute Gasteiger partial charge is 0.573 e. The zero-order valence-corrected chi connectivity index (χ0v) is 11.4. The van der Waals surface area contributed by atoms with Gasteiger partial charge < -0.3 is 15.4 Å². The molecule has 1 atom stereocenters. The second kappa shape index (κ2) is 6.60. The van der Waals surface area contributed by atoms with E-state index in [2.05, 4.69) is 15.4 Å². The van der Waals surface area contributed by atoms with Gasteiger partial charge in [0, 0.05) is 11.7 Å². The number of ether oxygens (including phenoxy) is 1. The van der Waals surface area contributed by atoms with E-state index in [-0.39, 0.29) is 11.8 Å². The van der Waals surface area contributed by atoms with Gasteiger partial charge in [-0.15, -0.1) is 13.2 Å². The Bertz CT molecular complexity index is 420. The Morgan fingerprint density at radius 1 is 1.32 bits per heavy atom. The zero-order valence-electron chi connectivity index (χ0n) is 10.5. The van der Waals surface area contributed by atoms with Gasteiger partial charge in [0.2, 0.25) is 0 Å². The van der Waals surface area contributed by atoms with Crippen LogP contribution in [-0.2, 0) is 0 Å². The molecule has 0 radical (unpaired) electrons. The van der Waals surface area contributed by atoms with Crippen molar-refractivity contribution in [3.05, 3.63) is 24.3 Å². The Balaban J connectivity index is 2.55. The molecule has 2 N–H and O–H groups in total. The summed E-state index contributed by atoms with van der Waals surface area (Å²) in [6.07, 6.45) is -3.76. The lowest BCUT2D eigenvalue weighted by Crippen LogP contribution is -2.35. The van der Waals surface area contributed by atoms with Gasteiger partial charge >= 0.3 is 6.36 Å². The Labute approximate surface area is 115 Å². The Hall–Kier alpha value is -1.50. The standard InChI is InChI=1S/C12H15F3N2OS/c1-3-8(2)16-11(19)17-9-4-6-10(7-5-9)18-12(13,14)15/h4-8H,3H2,1-2H3,(H2,16,17,19)/t8-/m0/s1. The van der Waals surface area contributed by atoms with Crippen molar-refractivity contribution < 1.29 is 17.9 Å². The van der Waals surface area contributed by atoms with Crippen molar-refractivity contribution in [1.29, 1.82) is 0 Å². The van der Waals surface area contributed by atoms with Crippen LogP contribution < -0.4 is 15.4 Å². The van der Waals surface area contributed by atoms with Crippen molar-refractivity contribution in [2.45, 2.75) is 32.7 Å². The highest BCUT2D eigenvalue weighted by molar-refractivity contribution is 7.80.